The highest BCUT2D eigenvalue weighted by Gasteiger charge is 2.20. The van der Waals surface area contributed by atoms with Gasteiger partial charge >= 0.3 is 0 Å². The number of amides is 1. The summed E-state index contributed by atoms with van der Waals surface area (Å²) in [4.78, 5) is 17.3. The molecule has 0 saturated carbocycles. The number of hydrogen-bond acceptors (Lipinski definition) is 6. The maximum atomic E-state index is 12.8. The molecule has 3 heterocycles. The molecule has 0 aliphatic carbocycles. The fraction of sp³-hybridized carbons (Fsp3) is 0.286. The Morgan fingerprint density at radius 2 is 2.17 bits per heavy atom. The fourth-order valence-electron chi connectivity index (χ4n) is 3.07. The van der Waals surface area contributed by atoms with Gasteiger partial charge in [0.05, 0.1) is 6.20 Å². The van der Waals surface area contributed by atoms with Gasteiger partial charge in [0.2, 0.25) is 0 Å². The van der Waals surface area contributed by atoms with Crippen LogP contribution in [0.15, 0.2) is 50.8 Å². The molecule has 8 heteroatoms. The molecule has 0 atom stereocenters. The summed E-state index contributed by atoms with van der Waals surface area (Å²) in [5.74, 6) is 0.852. The lowest BCUT2D eigenvalue weighted by atomic mass is 10.1. The summed E-state index contributed by atoms with van der Waals surface area (Å²) in [6.07, 6.45) is 4.63. The van der Waals surface area contributed by atoms with Gasteiger partial charge < -0.3 is 9.73 Å². The van der Waals surface area contributed by atoms with Gasteiger partial charge in [0.1, 0.15) is 9.92 Å². The van der Waals surface area contributed by atoms with Gasteiger partial charge in [0.15, 0.2) is 5.76 Å². The summed E-state index contributed by atoms with van der Waals surface area (Å²) in [6.45, 7) is 5.32. The Morgan fingerprint density at radius 3 is 2.93 bits per heavy atom. The van der Waals surface area contributed by atoms with Crippen molar-refractivity contribution in [1.82, 2.24) is 20.1 Å². The minimum atomic E-state index is -0.177. The van der Waals surface area contributed by atoms with Crippen LogP contribution >= 0.6 is 23.1 Å². The molecule has 1 amide bonds. The van der Waals surface area contributed by atoms with Crippen molar-refractivity contribution in [2.75, 3.05) is 6.54 Å². The fourth-order valence-corrected chi connectivity index (χ4v) is 4.95. The Bertz CT molecular complexity index is 1130. The van der Waals surface area contributed by atoms with Crippen molar-refractivity contribution in [2.24, 2.45) is 0 Å². The van der Waals surface area contributed by atoms with E-state index in [-0.39, 0.29) is 5.91 Å². The van der Waals surface area contributed by atoms with Gasteiger partial charge in [-0.05, 0) is 31.9 Å². The van der Waals surface area contributed by atoms with Crippen molar-refractivity contribution in [3.05, 3.63) is 64.6 Å². The van der Waals surface area contributed by atoms with Crippen molar-refractivity contribution in [1.29, 1.82) is 0 Å². The largest absolute Gasteiger partial charge is 0.451 e. The molecular formula is C21H22N4O2S2. The van der Waals surface area contributed by atoms with E-state index in [0.717, 1.165) is 45.1 Å². The monoisotopic (exact) mass is 426 g/mol. The Hall–Kier alpha value is -2.58. The van der Waals surface area contributed by atoms with Gasteiger partial charge in [-0.15, -0.1) is 11.3 Å². The van der Waals surface area contributed by atoms with Crippen LogP contribution in [-0.4, -0.2) is 27.2 Å². The first-order valence-electron chi connectivity index (χ1n) is 9.43. The average molecular weight is 427 g/mol. The van der Waals surface area contributed by atoms with Crippen LogP contribution in [-0.2, 0) is 12.3 Å². The Morgan fingerprint density at radius 1 is 1.31 bits per heavy atom. The number of rotatable bonds is 8. The second-order valence-electron chi connectivity index (χ2n) is 6.84. The van der Waals surface area contributed by atoms with E-state index in [4.69, 9.17) is 4.42 Å². The van der Waals surface area contributed by atoms with Gasteiger partial charge in [0.25, 0.3) is 5.91 Å². The molecule has 4 rings (SSSR count). The van der Waals surface area contributed by atoms with Crippen LogP contribution < -0.4 is 5.32 Å². The summed E-state index contributed by atoms with van der Waals surface area (Å²) in [7, 11) is 0. The summed E-state index contributed by atoms with van der Waals surface area (Å²) in [5, 5.41) is 10.3. The van der Waals surface area contributed by atoms with Crippen LogP contribution in [0.4, 0.5) is 0 Å². The molecule has 0 saturated heterocycles. The molecule has 0 fully saturated rings. The number of para-hydroxylation sites is 1. The summed E-state index contributed by atoms with van der Waals surface area (Å²) in [5.41, 5.74) is 3.79. The molecule has 1 aromatic carbocycles. The summed E-state index contributed by atoms with van der Waals surface area (Å²) < 4.78 is 8.80. The van der Waals surface area contributed by atoms with E-state index in [1.807, 2.05) is 60.6 Å². The Balaban J connectivity index is 1.44. The molecule has 150 valence electrons. The molecule has 0 aliphatic rings. The zero-order valence-electron chi connectivity index (χ0n) is 16.3. The molecule has 0 bridgehead atoms. The number of fused-ring (bicyclic) bond motifs is 1. The number of nitrogens with zero attached hydrogens (tertiary/aromatic N) is 3. The number of thiazole rings is 1. The molecule has 1 N–H and O–H groups in total. The topological polar surface area (TPSA) is 73.0 Å². The molecular weight excluding hydrogens is 404 g/mol. The number of hydrogen-bond donors (Lipinski definition) is 1. The molecule has 3 aromatic heterocycles. The second-order valence-corrected chi connectivity index (χ2v) is 8.92. The van der Waals surface area contributed by atoms with Gasteiger partial charge in [-0.1, -0.05) is 30.0 Å². The van der Waals surface area contributed by atoms with Crippen LogP contribution in [0, 0.1) is 13.8 Å². The average Bonchev–Trinajstić information content (AvgIpc) is 3.42. The minimum absolute atomic E-state index is 0.177. The quantitative estimate of drug-likeness (QED) is 0.323. The van der Waals surface area contributed by atoms with Gasteiger partial charge in [-0.25, -0.2) is 4.98 Å². The maximum Gasteiger partial charge on any atom is 0.287 e. The van der Waals surface area contributed by atoms with Crippen molar-refractivity contribution in [3.63, 3.8) is 0 Å². The number of thioether (sulfide) groups is 1. The second kappa shape index (κ2) is 8.84. The lowest BCUT2D eigenvalue weighted by molar-refractivity contribution is 0.0926. The zero-order valence-corrected chi connectivity index (χ0v) is 18.0. The predicted octanol–water partition coefficient (Wildman–Crippen LogP) is 4.82. The summed E-state index contributed by atoms with van der Waals surface area (Å²) in [6, 6.07) is 7.78. The minimum Gasteiger partial charge on any atom is -0.451 e. The Kier molecular flexibility index (Phi) is 6.01. The molecule has 0 spiro atoms. The van der Waals surface area contributed by atoms with Crippen molar-refractivity contribution < 1.29 is 9.21 Å². The van der Waals surface area contributed by atoms with Gasteiger partial charge in [-0.3, -0.25) is 9.48 Å². The maximum absolute atomic E-state index is 12.8. The van der Waals surface area contributed by atoms with Gasteiger partial charge in [0, 0.05) is 47.1 Å². The molecule has 0 unspecified atom stereocenters. The number of carbonyl (C=O) groups is 1. The standard InChI is InChI=1S/C21H22N4O2S2/c1-14-10-23-25(11-14)9-5-8-22-20(26)19-17(13-29-21-24-15(2)12-28-21)16-6-3-4-7-18(16)27-19/h3-4,6-7,10-12H,5,8-9,13H2,1-2H3,(H,22,26). The van der Waals surface area contributed by atoms with Crippen molar-refractivity contribution >= 4 is 40.0 Å². The molecule has 29 heavy (non-hydrogen) atoms. The number of nitrogens with one attached hydrogen (secondary N) is 1. The highest BCUT2D eigenvalue weighted by molar-refractivity contribution is 8.00. The normalized spacial score (nSPS) is 11.2. The predicted molar refractivity (Wildman–Crippen MR) is 117 cm³/mol. The van der Waals surface area contributed by atoms with Gasteiger partial charge in [-0.2, -0.15) is 5.10 Å². The third-order valence-electron chi connectivity index (χ3n) is 4.45. The van der Waals surface area contributed by atoms with Crippen LogP contribution in [0.5, 0.6) is 0 Å². The first kappa shape index (κ1) is 19.7. The smallest absolute Gasteiger partial charge is 0.287 e. The van der Waals surface area contributed by atoms with Crippen molar-refractivity contribution in [2.45, 2.75) is 36.9 Å². The third-order valence-corrected chi connectivity index (χ3v) is 6.62. The molecule has 6 nitrogen and oxygen atoms in total. The van der Waals surface area contributed by atoms with E-state index in [1.165, 1.54) is 0 Å². The molecule has 0 aliphatic heterocycles. The zero-order chi connectivity index (χ0) is 20.2. The van der Waals surface area contributed by atoms with E-state index in [0.29, 0.717) is 18.1 Å². The molecule has 0 radical (unpaired) electrons. The van der Waals surface area contributed by atoms with Crippen LogP contribution in [0.1, 0.15) is 33.8 Å². The van der Waals surface area contributed by atoms with E-state index in [9.17, 15) is 4.79 Å². The highest BCUT2D eigenvalue weighted by atomic mass is 32.2. The Labute approximate surface area is 177 Å². The van der Waals surface area contributed by atoms with Crippen LogP contribution in [0.2, 0.25) is 0 Å². The van der Waals surface area contributed by atoms with Crippen molar-refractivity contribution in [3.8, 4) is 0 Å². The number of carbonyl (C=O) groups excluding carboxylic acids is 1. The number of aryl methyl sites for hydroxylation is 3. The van der Waals surface area contributed by atoms with Crippen LogP contribution in [0.25, 0.3) is 11.0 Å². The molecule has 4 aromatic rings. The van der Waals surface area contributed by atoms with E-state index < -0.39 is 0 Å². The van der Waals surface area contributed by atoms with E-state index in [2.05, 4.69) is 15.4 Å². The van der Waals surface area contributed by atoms with Crippen LogP contribution in [0.3, 0.4) is 0 Å². The number of furan rings is 1. The third kappa shape index (κ3) is 4.71. The number of benzene rings is 1. The SMILES string of the molecule is Cc1cnn(CCCNC(=O)c2oc3ccccc3c2CSc2nc(C)cs2)c1. The number of aromatic nitrogens is 3. The summed E-state index contributed by atoms with van der Waals surface area (Å²) >= 11 is 3.25. The van der Waals surface area contributed by atoms with E-state index >= 15 is 0 Å². The lowest BCUT2D eigenvalue weighted by Gasteiger charge is -2.06. The first-order valence-corrected chi connectivity index (χ1v) is 11.3. The first-order chi connectivity index (χ1) is 14.1. The lowest BCUT2D eigenvalue weighted by Crippen LogP contribution is -2.25. The van der Waals surface area contributed by atoms with E-state index in [1.54, 1.807) is 23.1 Å². The highest BCUT2D eigenvalue weighted by Crippen LogP contribution is 2.33.